The number of hydrazone groups is 2. The molecule has 0 bridgehead atoms. The molecule has 2 aliphatic rings. The molecule has 0 saturated heterocycles. The zero-order chi connectivity index (χ0) is 14.3. The van der Waals surface area contributed by atoms with Crippen molar-refractivity contribution >= 4 is 24.1 Å². The first kappa shape index (κ1) is 12.7. The van der Waals surface area contributed by atoms with E-state index in [-0.39, 0.29) is 0 Å². The Labute approximate surface area is 118 Å². The minimum atomic E-state index is 0.749. The Morgan fingerprint density at radius 1 is 0.850 bits per heavy atom. The molecular formula is C13H19N7. The second-order valence-electron chi connectivity index (χ2n) is 5.20. The molecule has 0 saturated carbocycles. The summed E-state index contributed by atoms with van der Waals surface area (Å²) in [4.78, 5) is 8.87. The molecule has 0 fully saturated rings. The fraction of sp³-hybridized carbons (Fsp3) is 0.462. The Morgan fingerprint density at radius 2 is 1.30 bits per heavy atom. The van der Waals surface area contributed by atoms with Crippen molar-refractivity contribution in [3.05, 3.63) is 17.5 Å². The summed E-state index contributed by atoms with van der Waals surface area (Å²) in [5, 5.41) is 12.3. The molecule has 1 aromatic rings. The van der Waals surface area contributed by atoms with E-state index in [9.17, 15) is 0 Å². The molecule has 7 heteroatoms. The lowest BCUT2D eigenvalue weighted by molar-refractivity contribution is 0.392. The third-order valence-electron chi connectivity index (χ3n) is 3.46. The van der Waals surface area contributed by atoms with E-state index in [2.05, 4.69) is 31.1 Å². The number of nitrogens with zero attached hydrogens (tertiary/aromatic N) is 7. The van der Waals surface area contributed by atoms with Gasteiger partial charge in [0.1, 0.15) is 26.0 Å². The maximum Gasteiger partial charge on any atom is 0.117 e. The summed E-state index contributed by atoms with van der Waals surface area (Å²) in [5.41, 5.74) is 4.19. The molecule has 0 atom stereocenters. The van der Waals surface area contributed by atoms with Crippen molar-refractivity contribution in [1.29, 1.82) is 0 Å². The Hall–Kier alpha value is -2.31. The van der Waals surface area contributed by atoms with Crippen LogP contribution in [0.5, 0.6) is 0 Å². The number of hydrogen-bond donors (Lipinski definition) is 0. The lowest BCUT2D eigenvalue weighted by atomic mass is 10.2. The number of hydrogen-bond acceptors (Lipinski definition) is 7. The van der Waals surface area contributed by atoms with E-state index in [1.165, 1.54) is 0 Å². The second kappa shape index (κ2) is 4.66. The molecule has 3 rings (SSSR count). The zero-order valence-electron chi connectivity index (χ0n) is 12.3. The minimum Gasteiger partial charge on any atom is -0.309 e. The van der Waals surface area contributed by atoms with E-state index >= 15 is 0 Å². The maximum absolute atomic E-state index is 4.67. The fourth-order valence-corrected chi connectivity index (χ4v) is 2.45. The van der Waals surface area contributed by atoms with Crippen LogP contribution in [-0.4, -0.2) is 55.1 Å². The van der Waals surface area contributed by atoms with E-state index in [4.69, 9.17) is 0 Å². The lowest BCUT2D eigenvalue weighted by Gasteiger charge is -2.23. The summed E-state index contributed by atoms with van der Waals surface area (Å²) in [6.45, 7) is 5.56. The molecule has 2 aliphatic heterocycles. The van der Waals surface area contributed by atoms with Crippen molar-refractivity contribution in [2.24, 2.45) is 10.2 Å². The van der Waals surface area contributed by atoms with Gasteiger partial charge in [-0.3, -0.25) is 15.0 Å². The molecule has 0 spiro atoms. The highest BCUT2D eigenvalue weighted by molar-refractivity contribution is 5.86. The predicted octanol–water partition coefficient (Wildman–Crippen LogP) is 1.00. The van der Waals surface area contributed by atoms with E-state index in [0.29, 0.717) is 0 Å². The average molecular weight is 273 g/mol. The molecular weight excluding hydrogens is 254 g/mol. The van der Waals surface area contributed by atoms with Crippen LogP contribution in [0.3, 0.4) is 0 Å². The normalized spacial score (nSPS) is 17.8. The van der Waals surface area contributed by atoms with Crippen LogP contribution in [0.4, 0.5) is 11.4 Å². The van der Waals surface area contributed by atoms with Crippen LogP contribution in [0.15, 0.2) is 16.3 Å². The molecule has 0 aliphatic carbocycles. The number of rotatable bonds is 2. The highest BCUT2D eigenvalue weighted by Crippen LogP contribution is 2.28. The van der Waals surface area contributed by atoms with Gasteiger partial charge in [-0.05, 0) is 19.9 Å². The Morgan fingerprint density at radius 3 is 1.65 bits per heavy atom. The minimum absolute atomic E-state index is 0.749. The number of aryl methyl sites for hydroxylation is 2. The van der Waals surface area contributed by atoms with E-state index < -0.39 is 0 Å². The third-order valence-corrected chi connectivity index (χ3v) is 3.46. The van der Waals surface area contributed by atoms with Crippen LogP contribution in [0.1, 0.15) is 11.4 Å². The summed E-state index contributed by atoms with van der Waals surface area (Å²) < 4.78 is 0. The highest BCUT2D eigenvalue weighted by atomic mass is 15.6. The molecule has 0 radical (unpaired) electrons. The Kier molecular flexibility index (Phi) is 2.96. The monoisotopic (exact) mass is 273 g/mol. The molecule has 0 aromatic carbocycles. The molecule has 0 amide bonds. The Bertz CT molecular complexity index is 533. The lowest BCUT2D eigenvalue weighted by Crippen LogP contribution is -2.27. The smallest absolute Gasteiger partial charge is 0.117 e. The topological polar surface area (TPSA) is 50.6 Å². The van der Waals surface area contributed by atoms with E-state index in [0.717, 1.165) is 36.1 Å². The van der Waals surface area contributed by atoms with Gasteiger partial charge in [-0.25, -0.2) is 0 Å². The van der Waals surface area contributed by atoms with Crippen LogP contribution in [-0.2, 0) is 0 Å². The predicted molar refractivity (Wildman–Crippen MR) is 80.9 cm³/mol. The van der Waals surface area contributed by atoms with Gasteiger partial charge < -0.3 is 9.80 Å². The van der Waals surface area contributed by atoms with Gasteiger partial charge in [0.05, 0.1) is 22.8 Å². The van der Waals surface area contributed by atoms with Crippen LogP contribution >= 0.6 is 0 Å². The SMILES string of the molecule is Cc1nc(C)c(N2C=NN(C)C2)cc1N1C=NN(C)C1. The molecule has 20 heavy (non-hydrogen) atoms. The van der Waals surface area contributed by atoms with Crippen molar-refractivity contribution in [2.75, 3.05) is 37.2 Å². The van der Waals surface area contributed by atoms with Gasteiger partial charge in [0.2, 0.25) is 0 Å². The number of anilines is 2. The summed E-state index contributed by atoms with van der Waals surface area (Å²) in [6.07, 6.45) is 3.68. The summed E-state index contributed by atoms with van der Waals surface area (Å²) in [7, 11) is 3.91. The summed E-state index contributed by atoms with van der Waals surface area (Å²) >= 11 is 0. The second-order valence-corrected chi connectivity index (χ2v) is 5.20. The van der Waals surface area contributed by atoms with Crippen LogP contribution in [0.25, 0.3) is 0 Å². The van der Waals surface area contributed by atoms with Gasteiger partial charge in [0.25, 0.3) is 0 Å². The maximum atomic E-state index is 4.67. The first-order valence-electron chi connectivity index (χ1n) is 6.56. The van der Waals surface area contributed by atoms with Gasteiger partial charge in [-0.1, -0.05) is 0 Å². The van der Waals surface area contributed by atoms with Gasteiger partial charge >= 0.3 is 0 Å². The van der Waals surface area contributed by atoms with Crippen molar-refractivity contribution in [3.63, 3.8) is 0 Å². The van der Waals surface area contributed by atoms with Crippen molar-refractivity contribution < 1.29 is 0 Å². The molecule has 1 aromatic heterocycles. The molecule has 3 heterocycles. The van der Waals surface area contributed by atoms with Crippen LogP contribution in [0.2, 0.25) is 0 Å². The van der Waals surface area contributed by atoms with Crippen molar-refractivity contribution in [3.8, 4) is 0 Å². The molecule has 0 N–H and O–H groups in total. The summed E-state index contributed by atoms with van der Waals surface area (Å²) in [6, 6.07) is 2.16. The Balaban J connectivity index is 1.96. The average Bonchev–Trinajstić information content (AvgIpc) is 2.99. The summed E-state index contributed by atoms with van der Waals surface area (Å²) in [5.74, 6) is 0. The number of pyridine rings is 1. The van der Waals surface area contributed by atoms with Gasteiger partial charge in [0.15, 0.2) is 0 Å². The van der Waals surface area contributed by atoms with Crippen molar-refractivity contribution in [1.82, 2.24) is 15.0 Å². The molecule has 7 nitrogen and oxygen atoms in total. The largest absolute Gasteiger partial charge is 0.309 e. The zero-order valence-corrected chi connectivity index (χ0v) is 12.3. The van der Waals surface area contributed by atoms with Crippen LogP contribution < -0.4 is 9.80 Å². The van der Waals surface area contributed by atoms with E-state index in [1.54, 1.807) is 0 Å². The third kappa shape index (κ3) is 2.15. The first-order chi connectivity index (χ1) is 9.54. The van der Waals surface area contributed by atoms with E-state index in [1.807, 2.05) is 50.6 Å². The van der Waals surface area contributed by atoms with Gasteiger partial charge in [0, 0.05) is 14.1 Å². The van der Waals surface area contributed by atoms with Gasteiger partial charge in [-0.15, -0.1) is 0 Å². The van der Waals surface area contributed by atoms with Crippen molar-refractivity contribution in [2.45, 2.75) is 13.8 Å². The number of aromatic nitrogens is 1. The first-order valence-corrected chi connectivity index (χ1v) is 6.56. The van der Waals surface area contributed by atoms with Gasteiger partial charge in [-0.2, -0.15) is 10.2 Å². The highest BCUT2D eigenvalue weighted by Gasteiger charge is 2.20. The van der Waals surface area contributed by atoms with Crippen LogP contribution in [0, 0.1) is 13.8 Å². The molecule has 0 unspecified atom stereocenters. The fourth-order valence-electron chi connectivity index (χ4n) is 2.45. The quantitative estimate of drug-likeness (QED) is 0.804. The standard InChI is InChI=1S/C13H19N7/c1-10-12(19-6-14-17(3)8-19)5-13(11(2)16-10)20-7-15-18(4)9-20/h5-7H,8-9H2,1-4H3. The molecule has 106 valence electrons.